The van der Waals surface area contributed by atoms with Crippen LogP contribution in [-0.4, -0.2) is 17.5 Å². The molecular weight excluding hydrogens is 430 g/mol. The van der Waals surface area contributed by atoms with Crippen LogP contribution >= 0.6 is 27.5 Å². The summed E-state index contributed by atoms with van der Waals surface area (Å²) in [6, 6.07) is 11.0. The summed E-state index contributed by atoms with van der Waals surface area (Å²) in [7, 11) is 0. The van der Waals surface area contributed by atoms with Crippen molar-refractivity contribution in [1.29, 1.82) is 5.26 Å². The summed E-state index contributed by atoms with van der Waals surface area (Å²) in [6.45, 7) is 3.98. The van der Waals surface area contributed by atoms with E-state index in [0.717, 1.165) is 21.2 Å². The van der Waals surface area contributed by atoms with Crippen LogP contribution in [0, 0.1) is 11.3 Å². The zero-order valence-corrected chi connectivity index (χ0v) is 17.6. The lowest BCUT2D eigenvalue weighted by Gasteiger charge is -2.14. The van der Waals surface area contributed by atoms with Crippen molar-refractivity contribution in [2.24, 2.45) is 0 Å². The molecular formula is C21H21BrClNO3. The van der Waals surface area contributed by atoms with Crippen LogP contribution in [0.4, 0.5) is 0 Å². The number of Topliss-reactive ketones (excluding diaryl/α,β-unsaturated/α-hetero) is 1. The van der Waals surface area contributed by atoms with Crippen LogP contribution in [0.1, 0.15) is 49.3 Å². The normalized spacial score (nSPS) is 10.7. The predicted molar refractivity (Wildman–Crippen MR) is 110 cm³/mol. The smallest absolute Gasteiger partial charge is 0.171 e. The maximum Gasteiger partial charge on any atom is 0.171 e. The summed E-state index contributed by atoms with van der Waals surface area (Å²) in [5, 5.41) is 19.0. The monoisotopic (exact) mass is 449 g/mol. The highest BCUT2D eigenvalue weighted by molar-refractivity contribution is 9.10. The largest absolute Gasteiger partial charge is 0.508 e. The molecule has 4 nitrogen and oxygen atoms in total. The van der Waals surface area contributed by atoms with E-state index in [9.17, 15) is 9.90 Å². The van der Waals surface area contributed by atoms with Crippen LogP contribution in [0.5, 0.6) is 11.5 Å². The molecule has 0 saturated carbocycles. The first-order valence-corrected chi connectivity index (χ1v) is 9.80. The third-order valence-electron chi connectivity index (χ3n) is 4.12. The summed E-state index contributed by atoms with van der Waals surface area (Å²) in [6.07, 6.45) is 0.972. The number of nitriles is 1. The van der Waals surface area contributed by atoms with Crippen molar-refractivity contribution in [3.8, 4) is 17.6 Å². The molecule has 2 rings (SSSR count). The van der Waals surface area contributed by atoms with E-state index < -0.39 is 0 Å². The highest BCUT2D eigenvalue weighted by Gasteiger charge is 2.13. The number of phenolic OH excluding ortho intramolecular Hbond substituents is 1. The van der Waals surface area contributed by atoms with E-state index in [1.54, 1.807) is 18.2 Å². The quantitative estimate of drug-likeness (QED) is 0.554. The molecule has 0 aromatic heterocycles. The molecule has 142 valence electrons. The van der Waals surface area contributed by atoms with E-state index in [2.05, 4.69) is 15.9 Å². The lowest BCUT2D eigenvalue weighted by Crippen LogP contribution is -2.10. The number of carbonyl (C=O) groups excluding carboxylic acids is 1. The number of carbonyl (C=O) groups is 1. The number of rotatable bonds is 8. The van der Waals surface area contributed by atoms with E-state index in [1.807, 2.05) is 32.0 Å². The fourth-order valence-electron chi connectivity index (χ4n) is 2.64. The SMILES string of the molecule is CC(C)c1cc(Cc2c(Cl)cc(OCC(=O)CCC#N)cc2Br)ccc1O. The summed E-state index contributed by atoms with van der Waals surface area (Å²) >= 11 is 9.95. The average Bonchev–Trinajstić information content (AvgIpc) is 2.62. The Morgan fingerprint density at radius 2 is 2.07 bits per heavy atom. The van der Waals surface area contributed by atoms with Crippen molar-refractivity contribution in [3.63, 3.8) is 0 Å². The fraction of sp³-hybridized carbons (Fsp3) is 0.333. The van der Waals surface area contributed by atoms with Gasteiger partial charge in [0.05, 0.1) is 6.07 Å². The van der Waals surface area contributed by atoms with Gasteiger partial charge in [-0.1, -0.05) is 53.5 Å². The molecule has 0 spiro atoms. The molecule has 0 aliphatic rings. The molecule has 0 heterocycles. The van der Waals surface area contributed by atoms with Gasteiger partial charge >= 0.3 is 0 Å². The first-order valence-electron chi connectivity index (χ1n) is 8.63. The summed E-state index contributed by atoms with van der Waals surface area (Å²) in [4.78, 5) is 11.6. The zero-order chi connectivity index (χ0) is 20.0. The van der Waals surface area contributed by atoms with Crippen molar-refractivity contribution >= 4 is 33.3 Å². The van der Waals surface area contributed by atoms with Gasteiger partial charge in [0.15, 0.2) is 5.78 Å². The van der Waals surface area contributed by atoms with E-state index in [0.29, 0.717) is 22.9 Å². The van der Waals surface area contributed by atoms with Crippen LogP contribution in [-0.2, 0) is 11.2 Å². The molecule has 0 aliphatic heterocycles. The molecule has 1 N–H and O–H groups in total. The van der Waals surface area contributed by atoms with Gasteiger partial charge in [0.1, 0.15) is 18.1 Å². The van der Waals surface area contributed by atoms with Crippen LogP contribution in [0.2, 0.25) is 5.02 Å². The first-order chi connectivity index (χ1) is 12.8. The van der Waals surface area contributed by atoms with Gasteiger partial charge in [-0.05, 0) is 40.8 Å². The lowest BCUT2D eigenvalue weighted by atomic mass is 9.96. The molecule has 0 amide bonds. The van der Waals surface area contributed by atoms with Crippen molar-refractivity contribution in [2.45, 2.75) is 39.0 Å². The van der Waals surface area contributed by atoms with Gasteiger partial charge in [0.2, 0.25) is 0 Å². The number of hydrogen-bond acceptors (Lipinski definition) is 4. The molecule has 6 heteroatoms. The highest BCUT2D eigenvalue weighted by Crippen LogP contribution is 2.34. The molecule has 0 radical (unpaired) electrons. The Hall–Kier alpha value is -2.03. The molecule has 2 aromatic rings. The molecule has 0 aliphatic carbocycles. The first kappa shape index (κ1) is 21.3. The second kappa shape index (κ2) is 9.77. The van der Waals surface area contributed by atoms with Crippen molar-refractivity contribution in [2.75, 3.05) is 6.61 Å². The Bertz CT molecular complexity index is 851. The molecule has 0 atom stereocenters. The van der Waals surface area contributed by atoms with E-state index in [1.165, 1.54) is 0 Å². The second-order valence-electron chi connectivity index (χ2n) is 6.58. The Morgan fingerprint density at radius 1 is 1.33 bits per heavy atom. The average molecular weight is 451 g/mol. The molecule has 0 saturated heterocycles. The molecule has 0 fully saturated rings. The number of aromatic hydroxyl groups is 1. The van der Waals surface area contributed by atoms with Gasteiger partial charge in [-0.15, -0.1) is 0 Å². The fourth-order valence-corrected chi connectivity index (χ4v) is 3.61. The Labute approximate surface area is 172 Å². The summed E-state index contributed by atoms with van der Waals surface area (Å²) in [5.74, 6) is 0.884. The number of halogens is 2. The van der Waals surface area contributed by atoms with Crippen LogP contribution < -0.4 is 4.74 Å². The minimum Gasteiger partial charge on any atom is -0.508 e. The topological polar surface area (TPSA) is 70.3 Å². The van der Waals surface area contributed by atoms with Gasteiger partial charge in [-0.2, -0.15) is 5.26 Å². The standard InChI is InChI=1S/C21H21BrClNO3/c1-13(2)17-8-14(5-6-21(17)26)9-18-19(22)10-16(11-20(18)23)27-12-15(25)4-3-7-24/h5-6,8,10-11,13,26H,3-4,9,12H2,1-2H3. The number of nitrogens with zero attached hydrogens (tertiary/aromatic N) is 1. The zero-order valence-electron chi connectivity index (χ0n) is 15.3. The van der Waals surface area contributed by atoms with Crippen molar-refractivity contribution < 1.29 is 14.6 Å². The third-order valence-corrected chi connectivity index (χ3v) is 5.17. The van der Waals surface area contributed by atoms with Crippen LogP contribution in [0.15, 0.2) is 34.8 Å². The van der Waals surface area contributed by atoms with Gasteiger partial charge in [-0.3, -0.25) is 4.79 Å². The Balaban J connectivity index is 2.14. The van der Waals surface area contributed by atoms with Gasteiger partial charge < -0.3 is 9.84 Å². The number of ether oxygens (including phenoxy) is 1. The van der Waals surface area contributed by atoms with Gasteiger partial charge in [0, 0.05) is 28.8 Å². The molecule has 0 unspecified atom stereocenters. The second-order valence-corrected chi connectivity index (χ2v) is 7.84. The number of phenols is 1. The van der Waals surface area contributed by atoms with E-state index >= 15 is 0 Å². The summed E-state index contributed by atoms with van der Waals surface area (Å²) < 4.78 is 6.28. The maximum absolute atomic E-state index is 11.6. The predicted octanol–water partition coefficient (Wildman–Crippen LogP) is 5.77. The summed E-state index contributed by atoms with van der Waals surface area (Å²) in [5.41, 5.74) is 2.84. The van der Waals surface area contributed by atoms with E-state index in [-0.39, 0.29) is 31.1 Å². The Morgan fingerprint density at radius 3 is 2.70 bits per heavy atom. The van der Waals surface area contributed by atoms with Crippen molar-refractivity contribution in [3.05, 3.63) is 56.5 Å². The molecule has 2 aromatic carbocycles. The molecule has 27 heavy (non-hydrogen) atoms. The minimum absolute atomic E-state index is 0.0838. The van der Waals surface area contributed by atoms with E-state index in [4.69, 9.17) is 21.6 Å². The number of hydrogen-bond donors (Lipinski definition) is 1. The third kappa shape index (κ3) is 5.98. The van der Waals surface area contributed by atoms with Crippen molar-refractivity contribution in [1.82, 2.24) is 0 Å². The molecule has 0 bridgehead atoms. The highest BCUT2D eigenvalue weighted by atomic mass is 79.9. The van der Waals surface area contributed by atoms with Crippen LogP contribution in [0.3, 0.4) is 0 Å². The number of benzene rings is 2. The Kier molecular flexibility index (Phi) is 7.70. The van der Waals surface area contributed by atoms with Gasteiger partial charge in [0.25, 0.3) is 0 Å². The lowest BCUT2D eigenvalue weighted by molar-refractivity contribution is -0.120. The minimum atomic E-state index is -0.127. The van der Waals surface area contributed by atoms with Crippen LogP contribution in [0.25, 0.3) is 0 Å². The number of ketones is 1. The maximum atomic E-state index is 11.6. The van der Waals surface area contributed by atoms with Gasteiger partial charge in [-0.25, -0.2) is 0 Å².